The molecule has 41 heavy (non-hydrogen) atoms. The quantitative estimate of drug-likeness (QED) is 0.294. The lowest BCUT2D eigenvalue weighted by Crippen LogP contribution is -2.36. The number of aliphatic hydroxyl groups excluding tert-OH is 1. The number of ether oxygens (including phenoxy) is 3. The van der Waals surface area contributed by atoms with Gasteiger partial charge in [0.1, 0.15) is 41.2 Å². The third kappa shape index (κ3) is 5.52. The van der Waals surface area contributed by atoms with Gasteiger partial charge in [-0.05, 0) is 61.5 Å². The monoisotopic (exact) mass is 554 g/mol. The first-order valence-electron chi connectivity index (χ1n) is 14.0. The molecule has 212 valence electrons. The Morgan fingerprint density at radius 2 is 1.93 bits per heavy atom. The van der Waals surface area contributed by atoms with Crippen LogP contribution in [0.15, 0.2) is 59.1 Å². The molecule has 2 aliphatic rings. The van der Waals surface area contributed by atoms with Gasteiger partial charge in [-0.15, -0.1) is 0 Å². The summed E-state index contributed by atoms with van der Waals surface area (Å²) in [5.41, 5.74) is 4.96. The normalized spacial score (nSPS) is 18.5. The molecule has 2 aliphatic heterocycles. The molecule has 2 saturated heterocycles. The topological polar surface area (TPSA) is 113 Å². The first-order chi connectivity index (χ1) is 20.1. The standard InChI is InChI=1S/C32H34N4O5/c1-36(23-7-11-34-19-23)32(37)21-3-5-26(29(16-21)38-2)30-17-27-31(41-30)25(8-12-35-27)20-4-6-28(22(15-20)18-33)40-24-9-13-39-14-10-24/h3-6,8,12,15-17,23-24,32,34,37H,7,9-11,13-14,19H2,1-2H3. The van der Waals surface area contributed by atoms with Gasteiger partial charge in [0, 0.05) is 43.3 Å². The number of fused-ring (bicyclic) bond motifs is 1. The van der Waals surface area contributed by atoms with Gasteiger partial charge < -0.3 is 29.1 Å². The van der Waals surface area contributed by atoms with Gasteiger partial charge in [0.2, 0.25) is 0 Å². The number of methoxy groups -OCH3 is 1. The minimum absolute atomic E-state index is 0.0459. The van der Waals surface area contributed by atoms with E-state index in [1.165, 1.54) is 0 Å². The highest BCUT2D eigenvalue weighted by atomic mass is 16.5. The van der Waals surface area contributed by atoms with Gasteiger partial charge in [-0.2, -0.15) is 5.26 Å². The maximum Gasteiger partial charge on any atom is 0.161 e. The van der Waals surface area contributed by atoms with Crippen molar-refractivity contribution in [1.82, 2.24) is 15.2 Å². The lowest BCUT2D eigenvalue weighted by molar-refractivity contribution is -0.00328. The van der Waals surface area contributed by atoms with E-state index in [0.717, 1.165) is 54.6 Å². The van der Waals surface area contributed by atoms with Gasteiger partial charge in [-0.1, -0.05) is 12.1 Å². The number of pyridine rings is 1. The summed E-state index contributed by atoms with van der Waals surface area (Å²) in [7, 11) is 3.55. The van der Waals surface area contributed by atoms with Crippen LogP contribution in [0.25, 0.3) is 33.6 Å². The Morgan fingerprint density at radius 1 is 1.07 bits per heavy atom. The van der Waals surface area contributed by atoms with Gasteiger partial charge in [-0.25, -0.2) is 0 Å². The predicted octanol–water partition coefficient (Wildman–Crippen LogP) is 4.88. The molecule has 0 saturated carbocycles. The molecular formula is C32H34N4O5. The first kappa shape index (κ1) is 27.2. The summed E-state index contributed by atoms with van der Waals surface area (Å²) in [6.07, 6.45) is 3.65. The van der Waals surface area contributed by atoms with Crippen LogP contribution in [-0.2, 0) is 4.74 Å². The molecule has 9 nitrogen and oxygen atoms in total. The van der Waals surface area contributed by atoms with E-state index in [2.05, 4.69) is 16.4 Å². The molecule has 2 fully saturated rings. The molecule has 6 rings (SSSR count). The second-order valence-electron chi connectivity index (χ2n) is 10.6. The average molecular weight is 555 g/mol. The summed E-state index contributed by atoms with van der Waals surface area (Å²) < 4.78 is 23.7. The maximum absolute atomic E-state index is 11.0. The number of aromatic nitrogens is 1. The molecule has 2 atom stereocenters. The minimum atomic E-state index is -0.750. The average Bonchev–Trinajstić information content (AvgIpc) is 3.71. The third-order valence-corrected chi connectivity index (χ3v) is 8.07. The highest BCUT2D eigenvalue weighted by molar-refractivity contribution is 5.93. The number of benzene rings is 2. The van der Waals surface area contributed by atoms with E-state index >= 15 is 0 Å². The van der Waals surface area contributed by atoms with Crippen molar-refractivity contribution in [3.63, 3.8) is 0 Å². The number of rotatable bonds is 8. The second-order valence-corrected chi connectivity index (χ2v) is 10.6. The molecule has 2 aromatic heterocycles. The van der Waals surface area contributed by atoms with Crippen LogP contribution in [0.3, 0.4) is 0 Å². The Balaban J connectivity index is 1.30. The summed E-state index contributed by atoms with van der Waals surface area (Å²) in [4.78, 5) is 6.52. The second kappa shape index (κ2) is 11.9. The fourth-order valence-corrected chi connectivity index (χ4v) is 5.65. The summed E-state index contributed by atoms with van der Waals surface area (Å²) in [6.45, 7) is 3.16. The first-order valence-corrected chi connectivity index (χ1v) is 14.0. The van der Waals surface area contributed by atoms with Crippen molar-refractivity contribution in [2.45, 2.75) is 37.6 Å². The zero-order valence-electron chi connectivity index (χ0n) is 23.3. The van der Waals surface area contributed by atoms with Crippen LogP contribution in [0.5, 0.6) is 11.5 Å². The molecular weight excluding hydrogens is 520 g/mol. The van der Waals surface area contributed by atoms with Crippen molar-refractivity contribution in [3.8, 4) is 40.0 Å². The van der Waals surface area contributed by atoms with Crippen molar-refractivity contribution in [2.75, 3.05) is 40.5 Å². The number of hydrogen-bond donors (Lipinski definition) is 2. The smallest absolute Gasteiger partial charge is 0.161 e. The van der Waals surface area contributed by atoms with Crippen molar-refractivity contribution >= 4 is 11.1 Å². The minimum Gasteiger partial charge on any atom is -0.496 e. The number of nitriles is 1. The van der Waals surface area contributed by atoms with Crippen LogP contribution in [0.4, 0.5) is 0 Å². The van der Waals surface area contributed by atoms with Gasteiger partial charge >= 0.3 is 0 Å². The molecule has 0 radical (unpaired) electrons. The van der Waals surface area contributed by atoms with Crippen molar-refractivity contribution < 1.29 is 23.7 Å². The largest absolute Gasteiger partial charge is 0.496 e. The summed E-state index contributed by atoms with van der Waals surface area (Å²) in [6, 6.07) is 17.6. The van der Waals surface area contributed by atoms with Crippen LogP contribution in [-0.4, -0.2) is 67.6 Å². The number of nitrogens with zero attached hydrogens (tertiary/aromatic N) is 3. The van der Waals surface area contributed by atoms with E-state index in [0.29, 0.717) is 47.1 Å². The van der Waals surface area contributed by atoms with E-state index in [9.17, 15) is 10.4 Å². The number of nitrogens with one attached hydrogen (secondary N) is 1. The lowest BCUT2D eigenvalue weighted by atomic mass is 10.0. The Kier molecular flexibility index (Phi) is 7.90. The number of aliphatic hydroxyl groups is 1. The summed E-state index contributed by atoms with van der Waals surface area (Å²) in [5.74, 6) is 1.78. The Hall–Kier alpha value is -3.94. The van der Waals surface area contributed by atoms with Gasteiger partial charge in [0.25, 0.3) is 0 Å². The van der Waals surface area contributed by atoms with Gasteiger partial charge in [0.05, 0.1) is 31.5 Å². The summed E-state index contributed by atoms with van der Waals surface area (Å²) in [5, 5.41) is 24.3. The molecule has 0 aliphatic carbocycles. The number of hydrogen-bond acceptors (Lipinski definition) is 9. The van der Waals surface area contributed by atoms with Crippen LogP contribution >= 0.6 is 0 Å². The van der Waals surface area contributed by atoms with Crippen LogP contribution < -0.4 is 14.8 Å². The molecule has 4 heterocycles. The van der Waals surface area contributed by atoms with Crippen LogP contribution in [0, 0.1) is 11.3 Å². The van der Waals surface area contributed by atoms with Crippen molar-refractivity contribution in [2.24, 2.45) is 0 Å². The van der Waals surface area contributed by atoms with Crippen molar-refractivity contribution in [1.29, 1.82) is 5.26 Å². The fraction of sp³-hybridized carbons (Fsp3) is 0.375. The van der Waals surface area contributed by atoms with Gasteiger partial charge in [-0.3, -0.25) is 9.88 Å². The molecule has 0 spiro atoms. The Bertz CT molecular complexity index is 1570. The van der Waals surface area contributed by atoms with Crippen LogP contribution in [0.2, 0.25) is 0 Å². The fourth-order valence-electron chi connectivity index (χ4n) is 5.65. The van der Waals surface area contributed by atoms with E-state index in [1.54, 1.807) is 13.3 Å². The van der Waals surface area contributed by atoms with E-state index in [4.69, 9.17) is 18.6 Å². The molecule has 2 aromatic carbocycles. The molecule has 2 unspecified atom stereocenters. The zero-order valence-corrected chi connectivity index (χ0v) is 23.3. The zero-order chi connectivity index (χ0) is 28.3. The maximum atomic E-state index is 11.0. The Morgan fingerprint density at radius 3 is 2.68 bits per heavy atom. The number of furan rings is 1. The van der Waals surface area contributed by atoms with E-state index < -0.39 is 6.23 Å². The predicted molar refractivity (Wildman–Crippen MR) is 155 cm³/mol. The molecule has 9 heteroatoms. The highest BCUT2D eigenvalue weighted by Gasteiger charge is 2.26. The van der Waals surface area contributed by atoms with E-state index in [-0.39, 0.29) is 12.1 Å². The SMILES string of the molecule is COc1cc(C(O)N(C)C2CCNC2)ccc1-c1cc2nccc(-c3ccc(OC4CCOCC4)c(C#N)c3)c2o1. The van der Waals surface area contributed by atoms with Gasteiger partial charge in [0.15, 0.2) is 5.58 Å². The third-order valence-electron chi connectivity index (χ3n) is 8.07. The van der Waals surface area contributed by atoms with E-state index in [1.807, 2.05) is 60.5 Å². The Labute approximate surface area is 239 Å². The molecule has 4 aromatic rings. The molecule has 2 N–H and O–H groups in total. The molecule has 0 bridgehead atoms. The number of likely N-dealkylation sites (N-methyl/N-ethyl adjacent to an activating group) is 1. The lowest BCUT2D eigenvalue weighted by Gasteiger charge is -2.29. The summed E-state index contributed by atoms with van der Waals surface area (Å²) >= 11 is 0. The molecule has 0 amide bonds. The van der Waals surface area contributed by atoms with Crippen LogP contribution in [0.1, 0.15) is 36.6 Å². The highest BCUT2D eigenvalue weighted by Crippen LogP contribution is 2.39. The van der Waals surface area contributed by atoms with Crippen molar-refractivity contribution in [3.05, 3.63) is 65.9 Å².